The van der Waals surface area contributed by atoms with E-state index in [9.17, 15) is 8.42 Å². The number of thiophene rings is 1. The highest BCUT2D eigenvalue weighted by Gasteiger charge is 2.23. The lowest BCUT2D eigenvalue weighted by atomic mass is 10.0. The molecule has 0 aliphatic carbocycles. The molecule has 0 amide bonds. The van der Waals surface area contributed by atoms with Crippen molar-refractivity contribution in [2.75, 3.05) is 7.05 Å². The smallest absolute Gasteiger partial charge is 0.243 e. The van der Waals surface area contributed by atoms with Gasteiger partial charge in [-0.15, -0.1) is 11.3 Å². The molecule has 0 saturated carbocycles. The van der Waals surface area contributed by atoms with Crippen LogP contribution in [0, 0.1) is 0 Å². The van der Waals surface area contributed by atoms with Crippen molar-refractivity contribution in [2.24, 2.45) is 0 Å². The molecule has 0 unspecified atom stereocenters. The molecule has 3 aromatic rings. The van der Waals surface area contributed by atoms with E-state index in [0.717, 1.165) is 10.4 Å². The third-order valence-corrected chi connectivity index (χ3v) is 6.51. The lowest BCUT2D eigenvalue weighted by Crippen LogP contribution is -2.26. The maximum atomic E-state index is 12.7. The molecule has 0 saturated heterocycles. The highest BCUT2D eigenvalue weighted by atomic mass is 32.2. The summed E-state index contributed by atoms with van der Waals surface area (Å²) in [6.07, 6.45) is 0. The van der Waals surface area contributed by atoms with Gasteiger partial charge in [-0.05, 0) is 35.1 Å². The fourth-order valence-corrected chi connectivity index (χ4v) is 4.07. The highest BCUT2D eigenvalue weighted by molar-refractivity contribution is 7.89. The van der Waals surface area contributed by atoms with Gasteiger partial charge in [0.05, 0.1) is 16.3 Å². The van der Waals surface area contributed by atoms with E-state index in [1.807, 2.05) is 29.6 Å². The summed E-state index contributed by atoms with van der Waals surface area (Å²) in [7, 11) is -2.12. The van der Waals surface area contributed by atoms with E-state index < -0.39 is 10.0 Å². The van der Waals surface area contributed by atoms with Crippen LogP contribution in [0.3, 0.4) is 0 Å². The molecule has 0 spiro atoms. The molecule has 2 aromatic heterocycles. The van der Waals surface area contributed by atoms with Crippen LogP contribution < -0.4 is 0 Å². The topological polar surface area (TPSA) is 76.3 Å². The maximum Gasteiger partial charge on any atom is 0.243 e. The van der Waals surface area contributed by atoms with Gasteiger partial charge in [0.2, 0.25) is 21.7 Å². The van der Waals surface area contributed by atoms with Gasteiger partial charge in [0.25, 0.3) is 0 Å². The normalized spacial score (nSPS) is 12.2. The largest absolute Gasteiger partial charge is 0.337 e. The van der Waals surface area contributed by atoms with Gasteiger partial charge in [-0.1, -0.05) is 37.2 Å². The van der Waals surface area contributed by atoms with Crippen LogP contribution in [0.25, 0.3) is 10.7 Å². The Labute approximate surface area is 151 Å². The van der Waals surface area contributed by atoms with E-state index in [2.05, 4.69) is 24.0 Å². The van der Waals surface area contributed by atoms with E-state index in [1.54, 1.807) is 12.1 Å². The molecule has 3 rings (SSSR count). The first-order valence-corrected chi connectivity index (χ1v) is 10.1. The summed E-state index contributed by atoms with van der Waals surface area (Å²) in [5, 5.41) is 5.82. The summed E-state index contributed by atoms with van der Waals surface area (Å²) >= 11 is 1.50. The third kappa shape index (κ3) is 3.81. The van der Waals surface area contributed by atoms with Gasteiger partial charge in [0.15, 0.2) is 0 Å². The number of benzene rings is 1. The third-order valence-electron chi connectivity index (χ3n) is 3.82. The van der Waals surface area contributed by atoms with Crippen LogP contribution in [0.15, 0.2) is 51.2 Å². The van der Waals surface area contributed by atoms with Crippen LogP contribution in [0.4, 0.5) is 0 Å². The number of aromatic nitrogens is 2. The molecule has 0 aliphatic rings. The standard InChI is InChI=1S/C17H19N3O3S2/c1-12(2)13-6-8-14(9-7-13)25(21,22)20(3)11-16-18-17(19-23-16)15-5-4-10-24-15/h4-10,12H,11H2,1-3H3. The number of hydrogen-bond donors (Lipinski definition) is 0. The number of hydrogen-bond acceptors (Lipinski definition) is 6. The molecule has 132 valence electrons. The molecule has 0 atom stereocenters. The summed E-state index contributed by atoms with van der Waals surface area (Å²) in [4.78, 5) is 5.39. The van der Waals surface area contributed by atoms with Gasteiger partial charge < -0.3 is 4.52 Å². The monoisotopic (exact) mass is 377 g/mol. The molecular formula is C17H19N3O3S2. The Morgan fingerprint density at radius 3 is 2.52 bits per heavy atom. The molecule has 0 fully saturated rings. The van der Waals surface area contributed by atoms with E-state index in [4.69, 9.17) is 4.52 Å². The predicted octanol–water partition coefficient (Wildman–Crippen LogP) is 3.74. The van der Waals surface area contributed by atoms with Gasteiger partial charge in [0.1, 0.15) is 0 Å². The van der Waals surface area contributed by atoms with Gasteiger partial charge >= 0.3 is 0 Å². The van der Waals surface area contributed by atoms with Crippen molar-refractivity contribution in [2.45, 2.75) is 31.2 Å². The molecule has 0 N–H and O–H groups in total. The van der Waals surface area contributed by atoms with E-state index in [0.29, 0.717) is 11.7 Å². The quantitative estimate of drug-likeness (QED) is 0.654. The predicted molar refractivity (Wildman–Crippen MR) is 96.8 cm³/mol. The average Bonchev–Trinajstić information content (AvgIpc) is 3.26. The summed E-state index contributed by atoms with van der Waals surface area (Å²) in [6.45, 7) is 4.15. The first kappa shape index (κ1) is 17.8. The Morgan fingerprint density at radius 1 is 1.20 bits per heavy atom. The second-order valence-electron chi connectivity index (χ2n) is 5.97. The van der Waals surface area contributed by atoms with Crippen LogP contribution in [0.5, 0.6) is 0 Å². The number of sulfonamides is 1. The van der Waals surface area contributed by atoms with Gasteiger partial charge in [0, 0.05) is 7.05 Å². The summed E-state index contributed by atoms with van der Waals surface area (Å²) in [5.74, 6) is 1.08. The highest BCUT2D eigenvalue weighted by Crippen LogP contribution is 2.23. The Kier molecular flexibility index (Phi) is 5.03. The Morgan fingerprint density at radius 2 is 1.92 bits per heavy atom. The molecule has 0 radical (unpaired) electrons. The van der Waals surface area contributed by atoms with Crippen LogP contribution in [0.2, 0.25) is 0 Å². The van der Waals surface area contributed by atoms with Crippen molar-refractivity contribution < 1.29 is 12.9 Å². The first-order valence-electron chi connectivity index (χ1n) is 7.80. The minimum absolute atomic E-state index is 0.0205. The lowest BCUT2D eigenvalue weighted by molar-refractivity contribution is 0.337. The van der Waals surface area contributed by atoms with Crippen LogP contribution in [0.1, 0.15) is 31.2 Å². The molecule has 1 aromatic carbocycles. The number of nitrogens with zero attached hydrogens (tertiary/aromatic N) is 3. The summed E-state index contributed by atoms with van der Waals surface area (Å²) < 4.78 is 31.8. The Balaban J connectivity index is 1.76. The first-order chi connectivity index (χ1) is 11.9. The van der Waals surface area contributed by atoms with Crippen molar-refractivity contribution in [3.63, 3.8) is 0 Å². The average molecular weight is 377 g/mol. The van der Waals surface area contributed by atoms with Gasteiger partial charge in [-0.25, -0.2) is 8.42 Å². The van der Waals surface area contributed by atoms with E-state index in [1.165, 1.54) is 22.7 Å². The fraction of sp³-hybridized carbons (Fsp3) is 0.294. The molecular weight excluding hydrogens is 358 g/mol. The summed E-state index contributed by atoms with van der Waals surface area (Å²) in [5.41, 5.74) is 1.10. The van der Waals surface area contributed by atoms with Crippen LogP contribution >= 0.6 is 11.3 Å². The molecule has 0 aliphatic heterocycles. The van der Waals surface area contributed by atoms with E-state index in [-0.39, 0.29) is 17.3 Å². The fourth-order valence-electron chi connectivity index (χ4n) is 2.31. The van der Waals surface area contributed by atoms with Crippen LogP contribution in [-0.2, 0) is 16.6 Å². The minimum atomic E-state index is -3.62. The molecule has 0 bridgehead atoms. The van der Waals surface area contributed by atoms with Crippen LogP contribution in [-0.4, -0.2) is 29.9 Å². The SMILES string of the molecule is CC(C)c1ccc(S(=O)(=O)N(C)Cc2nc(-c3cccs3)no2)cc1. The molecule has 2 heterocycles. The van der Waals surface area contributed by atoms with Gasteiger partial charge in [-0.2, -0.15) is 9.29 Å². The zero-order valence-electron chi connectivity index (χ0n) is 14.2. The summed E-state index contributed by atoms with van der Waals surface area (Å²) in [6, 6.07) is 10.7. The second kappa shape index (κ2) is 7.07. The van der Waals surface area contributed by atoms with Crippen molar-refractivity contribution in [3.8, 4) is 10.7 Å². The number of rotatable bonds is 6. The second-order valence-corrected chi connectivity index (χ2v) is 8.97. The zero-order valence-corrected chi connectivity index (χ0v) is 15.8. The van der Waals surface area contributed by atoms with Gasteiger partial charge in [-0.3, -0.25) is 0 Å². The molecule has 8 heteroatoms. The van der Waals surface area contributed by atoms with E-state index >= 15 is 0 Å². The molecule has 25 heavy (non-hydrogen) atoms. The van der Waals surface area contributed by atoms with Crippen molar-refractivity contribution in [1.82, 2.24) is 14.4 Å². The molecule has 6 nitrogen and oxygen atoms in total. The lowest BCUT2D eigenvalue weighted by Gasteiger charge is -2.15. The maximum absolute atomic E-state index is 12.7. The Hall–Kier alpha value is -2.03. The minimum Gasteiger partial charge on any atom is -0.337 e. The van der Waals surface area contributed by atoms with Crippen molar-refractivity contribution in [1.29, 1.82) is 0 Å². The Bertz CT molecular complexity index is 930. The van der Waals surface area contributed by atoms with Crippen molar-refractivity contribution in [3.05, 3.63) is 53.2 Å². The van der Waals surface area contributed by atoms with Crippen molar-refractivity contribution >= 4 is 21.4 Å². The zero-order chi connectivity index (χ0) is 18.0.